The number of carbonyl (C=O) groups excluding carboxylic acids is 2. The molecule has 0 aliphatic heterocycles. The second-order valence-electron chi connectivity index (χ2n) is 6.89. The number of halogens is 1. The minimum Gasteiger partial charge on any atom is -0.351 e. The van der Waals surface area contributed by atoms with Crippen molar-refractivity contribution in [1.82, 2.24) is 5.32 Å². The fourth-order valence-corrected chi connectivity index (χ4v) is 3.69. The van der Waals surface area contributed by atoms with Gasteiger partial charge in [0.25, 0.3) is 11.6 Å². The van der Waals surface area contributed by atoms with Crippen LogP contribution in [0.15, 0.2) is 77.7 Å². The number of rotatable bonds is 8. The van der Waals surface area contributed by atoms with Crippen LogP contribution in [0.25, 0.3) is 0 Å². The van der Waals surface area contributed by atoms with Crippen molar-refractivity contribution in [2.24, 2.45) is 0 Å². The molecular formula is C23H20FN3O4S. The SMILES string of the molecule is CC(Sc1ccc([N+](=O)[O-])cc1)C(=O)NCc1cccc(NC(=O)c2ccc(F)cc2)c1. The minimum atomic E-state index is -0.471. The summed E-state index contributed by atoms with van der Waals surface area (Å²) in [6, 6.07) is 18.3. The van der Waals surface area contributed by atoms with E-state index in [-0.39, 0.29) is 24.0 Å². The number of benzene rings is 3. The molecule has 1 unspecified atom stereocenters. The number of thioether (sulfide) groups is 1. The maximum atomic E-state index is 13.0. The second-order valence-corrected chi connectivity index (χ2v) is 8.30. The number of carbonyl (C=O) groups is 2. The minimum absolute atomic E-state index is 0.00199. The van der Waals surface area contributed by atoms with E-state index in [1.54, 1.807) is 37.3 Å². The molecule has 3 aromatic rings. The van der Waals surface area contributed by atoms with E-state index in [0.29, 0.717) is 11.3 Å². The van der Waals surface area contributed by atoms with Gasteiger partial charge in [-0.15, -0.1) is 11.8 Å². The van der Waals surface area contributed by atoms with Crippen molar-refractivity contribution in [2.75, 3.05) is 5.32 Å². The van der Waals surface area contributed by atoms with Gasteiger partial charge in [-0.2, -0.15) is 0 Å². The van der Waals surface area contributed by atoms with Gasteiger partial charge in [-0.25, -0.2) is 4.39 Å². The summed E-state index contributed by atoms with van der Waals surface area (Å²) in [5, 5.41) is 15.9. The van der Waals surface area contributed by atoms with Crippen LogP contribution in [-0.2, 0) is 11.3 Å². The van der Waals surface area contributed by atoms with Gasteiger partial charge in [0.15, 0.2) is 0 Å². The number of nitrogens with one attached hydrogen (secondary N) is 2. The van der Waals surface area contributed by atoms with Crippen LogP contribution in [0.2, 0.25) is 0 Å². The van der Waals surface area contributed by atoms with Crippen molar-refractivity contribution >= 4 is 35.0 Å². The van der Waals surface area contributed by atoms with Crippen LogP contribution < -0.4 is 10.6 Å². The lowest BCUT2D eigenvalue weighted by Gasteiger charge is -2.13. The maximum absolute atomic E-state index is 13.0. The molecule has 0 aromatic heterocycles. The number of anilines is 1. The van der Waals surface area contributed by atoms with Gasteiger partial charge in [-0.05, 0) is 61.0 Å². The van der Waals surface area contributed by atoms with E-state index >= 15 is 0 Å². The lowest BCUT2D eigenvalue weighted by atomic mass is 10.1. The van der Waals surface area contributed by atoms with Crippen molar-refractivity contribution < 1.29 is 18.9 Å². The second kappa shape index (κ2) is 10.5. The number of nitro groups is 1. The number of nitrogens with zero attached hydrogens (tertiary/aromatic N) is 1. The third-order valence-electron chi connectivity index (χ3n) is 4.49. The van der Waals surface area contributed by atoms with Crippen LogP contribution in [0.5, 0.6) is 0 Å². The highest BCUT2D eigenvalue weighted by molar-refractivity contribution is 8.00. The summed E-state index contributed by atoms with van der Waals surface area (Å²) in [6.45, 7) is 2.02. The molecule has 2 amide bonds. The fourth-order valence-electron chi connectivity index (χ4n) is 2.80. The van der Waals surface area contributed by atoms with Crippen LogP contribution in [-0.4, -0.2) is 22.0 Å². The largest absolute Gasteiger partial charge is 0.351 e. The first kappa shape index (κ1) is 23.0. The summed E-state index contributed by atoms with van der Waals surface area (Å²) in [7, 11) is 0. The Morgan fingerprint density at radius 3 is 2.41 bits per heavy atom. The smallest absolute Gasteiger partial charge is 0.269 e. The Labute approximate surface area is 188 Å². The van der Waals surface area contributed by atoms with E-state index < -0.39 is 16.0 Å². The molecule has 0 bridgehead atoms. The zero-order valence-electron chi connectivity index (χ0n) is 17.1. The third kappa shape index (κ3) is 6.39. The Balaban J connectivity index is 1.53. The maximum Gasteiger partial charge on any atom is 0.269 e. The first-order valence-corrected chi connectivity index (χ1v) is 10.5. The number of hydrogen-bond donors (Lipinski definition) is 2. The number of amides is 2. The average molecular weight is 453 g/mol. The first-order chi connectivity index (χ1) is 15.3. The molecule has 0 saturated carbocycles. The first-order valence-electron chi connectivity index (χ1n) is 9.66. The van der Waals surface area contributed by atoms with Crippen LogP contribution in [0.3, 0.4) is 0 Å². The van der Waals surface area contributed by atoms with Crippen molar-refractivity contribution in [3.8, 4) is 0 Å². The summed E-state index contributed by atoms with van der Waals surface area (Å²) in [4.78, 5) is 35.7. The van der Waals surface area contributed by atoms with E-state index in [1.165, 1.54) is 48.2 Å². The zero-order valence-corrected chi connectivity index (χ0v) is 17.9. The molecule has 164 valence electrons. The van der Waals surface area contributed by atoms with E-state index in [9.17, 15) is 24.1 Å². The monoisotopic (exact) mass is 453 g/mol. The molecule has 0 fully saturated rings. The normalized spacial score (nSPS) is 11.4. The summed E-state index contributed by atoms with van der Waals surface area (Å²) < 4.78 is 13.0. The predicted octanol–water partition coefficient (Wildman–Crippen LogP) is 4.78. The van der Waals surface area contributed by atoms with Crippen LogP contribution in [0, 0.1) is 15.9 Å². The van der Waals surface area contributed by atoms with E-state index in [4.69, 9.17) is 0 Å². The van der Waals surface area contributed by atoms with Crippen LogP contribution >= 0.6 is 11.8 Å². The highest BCUT2D eigenvalue weighted by Crippen LogP contribution is 2.25. The Morgan fingerprint density at radius 1 is 1.06 bits per heavy atom. The topological polar surface area (TPSA) is 101 Å². The molecule has 32 heavy (non-hydrogen) atoms. The van der Waals surface area contributed by atoms with Gasteiger partial charge in [0.05, 0.1) is 10.2 Å². The molecule has 7 nitrogen and oxygen atoms in total. The lowest BCUT2D eigenvalue weighted by Crippen LogP contribution is -2.30. The molecule has 3 aromatic carbocycles. The lowest BCUT2D eigenvalue weighted by molar-refractivity contribution is -0.384. The van der Waals surface area contributed by atoms with Crippen LogP contribution in [0.4, 0.5) is 15.8 Å². The number of hydrogen-bond acceptors (Lipinski definition) is 5. The van der Waals surface area contributed by atoms with E-state index in [2.05, 4.69) is 10.6 Å². The third-order valence-corrected chi connectivity index (χ3v) is 5.60. The van der Waals surface area contributed by atoms with Crippen molar-refractivity contribution in [3.05, 3.63) is 99.9 Å². The van der Waals surface area contributed by atoms with Crippen LogP contribution in [0.1, 0.15) is 22.8 Å². The van der Waals surface area contributed by atoms with Gasteiger partial charge in [-0.3, -0.25) is 19.7 Å². The van der Waals surface area contributed by atoms with E-state index in [0.717, 1.165) is 10.5 Å². The molecule has 0 spiro atoms. The van der Waals surface area contributed by atoms with Gasteiger partial charge in [0.1, 0.15) is 5.82 Å². The summed E-state index contributed by atoms with van der Waals surface area (Å²) in [5.41, 5.74) is 1.68. The van der Waals surface area contributed by atoms with E-state index in [1.807, 2.05) is 6.07 Å². The molecular weight excluding hydrogens is 433 g/mol. The molecule has 2 N–H and O–H groups in total. The van der Waals surface area contributed by atoms with Crippen molar-refractivity contribution in [2.45, 2.75) is 23.6 Å². The quantitative estimate of drug-likeness (QED) is 0.290. The average Bonchev–Trinajstić information content (AvgIpc) is 2.78. The molecule has 0 radical (unpaired) electrons. The number of nitro benzene ring substituents is 1. The molecule has 0 aliphatic rings. The van der Waals surface area contributed by atoms with Gasteiger partial charge in [-0.1, -0.05) is 12.1 Å². The number of non-ortho nitro benzene ring substituents is 1. The Hall–Kier alpha value is -3.72. The molecule has 3 rings (SSSR count). The molecule has 1 atom stereocenters. The fraction of sp³-hybridized carbons (Fsp3) is 0.130. The molecule has 0 heterocycles. The highest BCUT2D eigenvalue weighted by Gasteiger charge is 2.15. The predicted molar refractivity (Wildman–Crippen MR) is 121 cm³/mol. The van der Waals surface area contributed by atoms with Crippen molar-refractivity contribution in [3.63, 3.8) is 0 Å². The Morgan fingerprint density at radius 2 is 1.75 bits per heavy atom. The molecule has 9 heteroatoms. The Kier molecular flexibility index (Phi) is 7.56. The summed E-state index contributed by atoms with van der Waals surface area (Å²) in [5.74, 6) is -0.964. The Bertz CT molecular complexity index is 1120. The highest BCUT2D eigenvalue weighted by atomic mass is 32.2. The van der Waals surface area contributed by atoms with Gasteiger partial charge >= 0.3 is 0 Å². The summed E-state index contributed by atoms with van der Waals surface area (Å²) >= 11 is 1.30. The summed E-state index contributed by atoms with van der Waals surface area (Å²) in [6.07, 6.45) is 0. The van der Waals surface area contributed by atoms with Gasteiger partial charge in [0.2, 0.25) is 5.91 Å². The molecule has 0 saturated heterocycles. The molecule has 0 aliphatic carbocycles. The van der Waals surface area contributed by atoms with Gasteiger partial charge in [0, 0.05) is 34.8 Å². The zero-order chi connectivity index (χ0) is 23.1. The van der Waals surface area contributed by atoms with Gasteiger partial charge < -0.3 is 10.6 Å². The standard InChI is InChI=1S/C23H20FN3O4S/c1-15(32-21-11-9-20(10-12-21)27(30)31)22(28)25-14-16-3-2-4-19(13-16)26-23(29)17-5-7-18(24)8-6-17/h2-13,15H,14H2,1H3,(H,25,28)(H,26,29). The van der Waals surface area contributed by atoms with Crippen molar-refractivity contribution in [1.29, 1.82) is 0 Å².